The van der Waals surface area contributed by atoms with Crippen molar-refractivity contribution in [3.63, 3.8) is 0 Å². The molecule has 25 heavy (non-hydrogen) atoms. The van der Waals surface area contributed by atoms with Crippen molar-refractivity contribution in [3.8, 4) is 11.4 Å². The van der Waals surface area contributed by atoms with E-state index in [-0.39, 0.29) is 11.8 Å². The number of hydrogen-bond donors (Lipinski definition) is 0. The molecule has 2 aromatic rings. The van der Waals surface area contributed by atoms with Gasteiger partial charge in [-0.3, -0.25) is 4.79 Å². The Hall–Kier alpha value is -2.17. The Bertz CT molecular complexity index is 735. The van der Waals surface area contributed by atoms with Gasteiger partial charge in [0.15, 0.2) is 5.82 Å². The van der Waals surface area contributed by atoms with E-state index in [0.717, 1.165) is 62.0 Å². The topological polar surface area (TPSA) is 51.0 Å². The standard InChI is InChI=1S/C20H26N4O/c1-2-12-23(14-15-10-11-15)20(25)17-9-6-13-24-18(21-22-19(17)24)16-7-4-3-5-8-16/h3-5,7-8,15,17H,2,6,9-14H2,1H3. The molecule has 2 heterocycles. The number of aromatic nitrogens is 3. The average molecular weight is 338 g/mol. The molecule has 5 heteroatoms. The van der Waals surface area contributed by atoms with Gasteiger partial charge in [0, 0.05) is 25.2 Å². The Morgan fingerprint density at radius 1 is 1.20 bits per heavy atom. The molecule has 1 aliphatic heterocycles. The number of fused-ring (bicyclic) bond motifs is 1. The first-order valence-corrected chi connectivity index (χ1v) is 9.55. The largest absolute Gasteiger partial charge is 0.342 e. The van der Waals surface area contributed by atoms with E-state index in [9.17, 15) is 4.79 Å². The quantitative estimate of drug-likeness (QED) is 0.810. The third kappa shape index (κ3) is 3.32. The van der Waals surface area contributed by atoms with Gasteiger partial charge >= 0.3 is 0 Å². The first kappa shape index (κ1) is 16.3. The zero-order valence-corrected chi connectivity index (χ0v) is 14.9. The van der Waals surface area contributed by atoms with Crippen LogP contribution in [0.5, 0.6) is 0 Å². The number of hydrogen-bond acceptors (Lipinski definition) is 3. The maximum absolute atomic E-state index is 13.2. The molecule has 0 spiro atoms. The molecule has 1 aromatic heterocycles. The van der Waals surface area contributed by atoms with Gasteiger partial charge in [-0.05, 0) is 38.0 Å². The summed E-state index contributed by atoms with van der Waals surface area (Å²) < 4.78 is 2.16. The Kier molecular flexibility index (Phi) is 4.55. The van der Waals surface area contributed by atoms with Crippen LogP contribution in [0.1, 0.15) is 50.8 Å². The number of benzene rings is 1. The van der Waals surface area contributed by atoms with Gasteiger partial charge in [0.25, 0.3) is 0 Å². The van der Waals surface area contributed by atoms with Crippen LogP contribution in [0.15, 0.2) is 30.3 Å². The minimum Gasteiger partial charge on any atom is -0.342 e. The number of carbonyl (C=O) groups excluding carboxylic acids is 1. The molecule has 1 aromatic carbocycles. The maximum atomic E-state index is 13.2. The summed E-state index contributed by atoms with van der Waals surface area (Å²) in [6.45, 7) is 4.81. The molecule has 1 saturated carbocycles. The van der Waals surface area contributed by atoms with Crippen molar-refractivity contribution in [2.45, 2.75) is 51.5 Å². The van der Waals surface area contributed by atoms with E-state index in [1.807, 2.05) is 18.2 Å². The van der Waals surface area contributed by atoms with Crippen molar-refractivity contribution in [1.29, 1.82) is 0 Å². The second-order valence-electron chi connectivity index (χ2n) is 7.32. The smallest absolute Gasteiger partial charge is 0.233 e. The van der Waals surface area contributed by atoms with E-state index in [0.29, 0.717) is 0 Å². The van der Waals surface area contributed by atoms with Crippen molar-refractivity contribution in [1.82, 2.24) is 19.7 Å². The first-order valence-electron chi connectivity index (χ1n) is 9.55. The normalized spacial score (nSPS) is 19.5. The Morgan fingerprint density at radius 3 is 2.72 bits per heavy atom. The lowest BCUT2D eigenvalue weighted by Crippen LogP contribution is -2.39. The Balaban J connectivity index is 1.61. The zero-order chi connectivity index (χ0) is 17.2. The predicted octanol–water partition coefficient (Wildman–Crippen LogP) is 3.47. The number of amides is 1. The molecular weight excluding hydrogens is 312 g/mol. The molecule has 0 bridgehead atoms. The third-order valence-corrected chi connectivity index (χ3v) is 5.28. The molecular formula is C20H26N4O. The number of carbonyl (C=O) groups is 1. The summed E-state index contributed by atoms with van der Waals surface area (Å²) in [7, 11) is 0. The number of nitrogens with zero attached hydrogens (tertiary/aromatic N) is 4. The van der Waals surface area contributed by atoms with Crippen LogP contribution in [0.25, 0.3) is 11.4 Å². The average Bonchev–Trinajstić information content (AvgIpc) is 3.36. The molecule has 1 fully saturated rings. The van der Waals surface area contributed by atoms with E-state index in [4.69, 9.17) is 0 Å². The van der Waals surface area contributed by atoms with Gasteiger partial charge in [0.05, 0.1) is 5.92 Å². The van der Waals surface area contributed by atoms with Crippen LogP contribution in [-0.4, -0.2) is 38.7 Å². The van der Waals surface area contributed by atoms with E-state index in [1.165, 1.54) is 12.8 Å². The predicted molar refractivity (Wildman–Crippen MR) is 97.0 cm³/mol. The second-order valence-corrected chi connectivity index (χ2v) is 7.32. The highest BCUT2D eigenvalue weighted by Gasteiger charge is 2.35. The molecule has 1 unspecified atom stereocenters. The van der Waals surface area contributed by atoms with Gasteiger partial charge in [0.2, 0.25) is 5.91 Å². The fraction of sp³-hybridized carbons (Fsp3) is 0.550. The minimum atomic E-state index is -0.135. The van der Waals surface area contributed by atoms with Crippen LogP contribution in [-0.2, 0) is 11.3 Å². The van der Waals surface area contributed by atoms with Gasteiger partial charge in [-0.1, -0.05) is 37.3 Å². The maximum Gasteiger partial charge on any atom is 0.233 e. The first-order chi connectivity index (χ1) is 12.3. The van der Waals surface area contributed by atoms with E-state index < -0.39 is 0 Å². The lowest BCUT2D eigenvalue weighted by molar-refractivity contribution is -0.133. The molecule has 1 atom stereocenters. The van der Waals surface area contributed by atoms with Crippen molar-refractivity contribution in [2.75, 3.05) is 13.1 Å². The van der Waals surface area contributed by atoms with Crippen LogP contribution in [0.3, 0.4) is 0 Å². The van der Waals surface area contributed by atoms with Gasteiger partial charge in [-0.25, -0.2) is 0 Å². The summed E-state index contributed by atoms with van der Waals surface area (Å²) in [5.74, 6) is 2.58. The highest BCUT2D eigenvalue weighted by Crippen LogP contribution is 2.34. The molecule has 0 saturated heterocycles. The summed E-state index contributed by atoms with van der Waals surface area (Å²) in [5, 5.41) is 8.86. The summed E-state index contributed by atoms with van der Waals surface area (Å²) >= 11 is 0. The fourth-order valence-electron chi connectivity index (χ4n) is 3.80. The summed E-state index contributed by atoms with van der Waals surface area (Å²) in [6, 6.07) is 10.1. The minimum absolute atomic E-state index is 0.135. The van der Waals surface area contributed by atoms with Gasteiger partial charge in [-0.15, -0.1) is 10.2 Å². The van der Waals surface area contributed by atoms with Gasteiger partial charge < -0.3 is 9.47 Å². The van der Waals surface area contributed by atoms with Crippen LogP contribution < -0.4 is 0 Å². The molecule has 0 radical (unpaired) electrons. The van der Waals surface area contributed by atoms with Crippen molar-refractivity contribution in [2.24, 2.45) is 5.92 Å². The lowest BCUT2D eigenvalue weighted by atomic mass is 9.96. The van der Waals surface area contributed by atoms with E-state index >= 15 is 0 Å². The second kappa shape index (κ2) is 6.98. The number of rotatable bonds is 6. The molecule has 2 aliphatic rings. The molecule has 132 valence electrons. The highest BCUT2D eigenvalue weighted by atomic mass is 16.2. The molecule has 4 rings (SSSR count). The van der Waals surface area contributed by atoms with Crippen LogP contribution >= 0.6 is 0 Å². The van der Waals surface area contributed by atoms with Gasteiger partial charge in [0.1, 0.15) is 5.82 Å². The molecule has 0 N–H and O–H groups in total. The molecule has 1 amide bonds. The Labute approximate surface area is 149 Å². The molecule has 5 nitrogen and oxygen atoms in total. The highest BCUT2D eigenvalue weighted by molar-refractivity contribution is 5.83. The van der Waals surface area contributed by atoms with E-state index in [2.05, 4.69) is 38.7 Å². The summed E-state index contributed by atoms with van der Waals surface area (Å²) in [6.07, 6.45) is 5.44. The van der Waals surface area contributed by atoms with E-state index in [1.54, 1.807) is 0 Å². The van der Waals surface area contributed by atoms with Crippen molar-refractivity contribution >= 4 is 5.91 Å². The van der Waals surface area contributed by atoms with Crippen molar-refractivity contribution in [3.05, 3.63) is 36.2 Å². The van der Waals surface area contributed by atoms with Crippen LogP contribution in [0, 0.1) is 5.92 Å². The van der Waals surface area contributed by atoms with Gasteiger partial charge in [-0.2, -0.15) is 0 Å². The van der Waals surface area contributed by atoms with Crippen LogP contribution in [0.2, 0.25) is 0 Å². The zero-order valence-electron chi connectivity index (χ0n) is 14.9. The Morgan fingerprint density at radius 2 is 2.00 bits per heavy atom. The third-order valence-electron chi connectivity index (χ3n) is 5.28. The van der Waals surface area contributed by atoms with Crippen LogP contribution in [0.4, 0.5) is 0 Å². The van der Waals surface area contributed by atoms with Crippen molar-refractivity contribution < 1.29 is 4.79 Å². The monoisotopic (exact) mass is 338 g/mol. The summed E-state index contributed by atoms with van der Waals surface area (Å²) in [5.41, 5.74) is 1.07. The fourth-order valence-corrected chi connectivity index (χ4v) is 3.80. The summed E-state index contributed by atoms with van der Waals surface area (Å²) in [4.78, 5) is 15.3. The lowest BCUT2D eigenvalue weighted by Gasteiger charge is -2.29. The SMILES string of the molecule is CCCN(CC1CC1)C(=O)C1CCCn2c(-c3ccccc3)nnc21. The molecule has 1 aliphatic carbocycles.